The normalized spacial score (nSPS) is 19.1. The minimum Gasteiger partial charge on any atom is -0.490 e. The van der Waals surface area contributed by atoms with Crippen molar-refractivity contribution in [3.05, 3.63) is 53.5 Å². The van der Waals surface area contributed by atoms with E-state index in [4.69, 9.17) is 13.9 Å². The average molecular weight is 389 g/mol. The third-order valence-electron chi connectivity index (χ3n) is 4.21. The minimum atomic E-state index is -0.621. The fraction of sp³-hybridized carbons (Fsp3) is 0.400. The first-order valence-electron chi connectivity index (χ1n) is 8.77. The maximum atomic E-state index is 12.5. The van der Waals surface area contributed by atoms with Crippen molar-refractivity contribution in [2.75, 3.05) is 19.0 Å². The van der Waals surface area contributed by atoms with Gasteiger partial charge >= 0.3 is 5.97 Å². The molecule has 1 aliphatic rings. The van der Waals surface area contributed by atoms with E-state index in [-0.39, 0.29) is 24.5 Å². The number of benzene rings is 1. The summed E-state index contributed by atoms with van der Waals surface area (Å²) >= 11 is 1.49. The van der Waals surface area contributed by atoms with Crippen LogP contribution in [0, 0.1) is 13.8 Å². The van der Waals surface area contributed by atoms with Crippen molar-refractivity contribution in [2.45, 2.75) is 32.2 Å². The molecule has 2 atom stereocenters. The Morgan fingerprint density at radius 2 is 1.96 bits per heavy atom. The van der Waals surface area contributed by atoms with Gasteiger partial charge in [0.1, 0.15) is 36.1 Å². The van der Waals surface area contributed by atoms with E-state index < -0.39 is 12.0 Å². The van der Waals surface area contributed by atoms with Gasteiger partial charge in [0.2, 0.25) is 5.91 Å². The van der Waals surface area contributed by atoms with Gasteiger partial charge in [0.15, 0.2) is 0 Å². The molecule has 144 valence electrons. The molecule has 27 heavy (non-hydrogen) atoms. The maximum absolute atomic E-state index is 12.5. The van der Waals surface area contributed by atoms with Crippen LogP contribution in [0.1, 0.15) is 29.2 Å². The Hall–Kier alpha value is -2.41. The van der Waals surface area contributed by atoms with Gasteiger partial charge in [-0.15, -0.1) is 11.8 Å². The van der Waals surface area contributed by atoms with E-state index in [0.717, 1.165) is 16.9 Å². The third kappa shape index (κ3) is 4.66. The largest absolute Gasteiger partial charge is 0.490 e. The molecule has 0 saturated carbocycles. The highest BCUT2D eigenvalue weighted by atomic mass is 32.2. The van der Waals surface area contributed by atoms with Crippen LogP contribution >= 0.6 is 11.8 Å². The lowest BCUT2D eigenvalue weighted by atomic mass is 10.1. The monoisotopic (exact) mass is 389 g/mol. The average Bonchev–Trinajstić information content (AvgIpc) is 3.26. The Labute approximate surface area is 162 Å². The Bertz CT molecular complexity index is 784. The van der Waals surface area contributed by atoms with Crippen LogP contribution in [0.15, 0.2) is 41.0 Å². The number of esters is 1. The second-order valence-electron chi connectivity index (χ2n) is 6.48. The second kappa shape index (κ2) is 8.52. The van der Waals surface area contributed by atoms with Gasteiger partial charge in [0, 0.05) is 12.7 Å². The van der Waals surface area contributed by atoms with Crippen LogP contribution in [0.5, 0.6) is 5.75 Å². The SMILES string of the molecule is CC(=O)N1[C@@H](c2ccco2)SC[C@H]1C(=O)OCCOc1cc(C)cc(C)c1. The van der Waals surface area contributed by atoms with Crippen LogP contribution in [-0.4, -0.2) is 41.8 Å². The molecule has 1 aromatic carbocycles. The number of hydrogen-bond donors (Lipinski definition) is 0. The van der Waals surface area contributed by atoms with Crippen molar-refractivity contribution in [3.63, 3.8) is 0 Å². The minimum absolute atomic E-state index is 0.129. The molecule has 1 aromatic heterocycles. The Balaban J connectivity index is 1.53. The zero-order valence-electron chi connectivity index (χ0n) is 15.6. The number of aryl methyl sites for hydroxylation is 2. The van der Waals surface area contributed by atoms with Gasteiger partial charge in [0.05, 0.1) is 6.26 Å². The van der Waals surface area contributed by atoms with E-state index in [1.165, 1.54) is 23.6 Å². The molecule has 0 aliphatic carbocycles. The Morgan fingerprint density at radius 1 is 1.22 bits per heavy atom. The Kier molecular flexibility index (Phi) is 6.11. The molecular formula is C20H23NO5S. The summed E-state index contributed by atoms with van der Waals surface area (Å²) in [5.74, 6) is 1.28. The number of furan rings is 1. The van der Waals surface area contributed by atoms with Gasteiger partial charge in [-0.1, -0.05) is 6.07 Å². The van der Waals surface area contributed by atoms with Gasteiger partial charge in [-0.05, 0) is 49.2 Å². The van der Waals surface area contributed by atoms with Crippen molar-refractivity contribution in [2.24, 2.45) is 0 Å². The summed E-state index contributed by atoms with van der Waals surface area (Å²) in [4.78, 5) is 26.1. The molecule has 1 aliphatic heterocycles. The summed E-state index contributed by atoms with van der Waals surface area (Å²) in [6.07, 6.45) is 1.56. The summed E-state index contributed by atoms with van der Waals surface area (Å²) in [6, 6.07) is 8.89. The fourth-order valence-electron chi connectivity index (χ4n) is 3.14. The van der Waals surface area contributed by atoms with E-state index in [1.807, 2.05) is 26.0 Å². The third-order valence-corrected chi connectivity index (χ3v) is 5.50. The number of carbonyl (C=O) groups is 2. The molecule has 0 spiro atoms. The zero-order chi connectivity index (χ0) is 19.4. The highest BCUT2D eigenvalue weighted by molar-refractivity contribution is 7.99. The molecule has 6 nitrogen and oxygen atoms in total. The maximum Gasteiger partial charge on any atom is 0.329 e. The summed E-state index contributed by atoms with van der Waals surface area (Å²) in [7, 11) is 0. The smallest absolute Gasteiger partial charge is 0.329 e. The molecule has 0 N–H and O–H groups in total. The Morgan fingerprint density at radius 3 is 2.59 bits per heavy atom. The van der Waals surface area contributed by atoms with Crippen LogP contribution in [0.4, 0.5) is 0 Å². The lowest BCUT2D eigenvalue weighted by Crippen LogP contribution is -2.43. The molecule has 7 heteroatoms. The fourth-order valence-corrected chi connectivity index (χ4v) is 4.55. The van der Waals surface area contributed by atoms with Crippen LogP contribution < -0.4 is 4.74 Å². The molecule has 1 amide bonds. The van der Waals surface area contributed by atoms with Crippen LogP contribution in [0.2, 0.25) is 0 Å². The lowest BCUT2D eigenvalue weighted by Gasteiger charge is -2.25. The number of thioether (sulfide) groups is 1. The van der Waals surface area contributed by atoms with E-state index in [0.29, 0.717) is 11.5 Å². The number of hydrogen-bond acceptors (Lipinski definition) is 6. The number of nitrogens with zero attached hydrogens (tertiary/aromatic N) is 1. The molecule has 0 bridgehead atoms. The van der Waals surface area contributed by atoms with Gasteiger partial charge in [-0.25, -0.2) is 4.79 Å². The molecule has 0 unspecified atom stereocenters. The molecule has 1 fully saturated rings. The van der Waals surface area contributed by atoms with Crippen molar-refractivity contribution in [1.29, 1.82) is 0 Å². The van der Waals surface area contributed by atoms with Crippen molar-refractivity contribution in [1.82, 2.24) is 4.90 Å². The molecule has 2 aromatic rings. The van der Waals surface area contributed by atoms with E-state index in [2.05, 4.69) is 6.07 Å². The number of carbonyl (C=O) groups excluding carboxylic acids is 2. The first-order valence-corrected chi connectivity index (χ1v) is 9.82. The molecule has 3 rings (SSSR count). The summed E-state index contributed by atoms with van der Waals surface area (Å²) < 4.78 is 16.4. The van der Waals surface area contributed by atoms with Gasteiger partial charge in [0.25, 0.3) is 0 Å². The van der Waals surface area contributed by atoms with Crippen LogP contribution in [-0.2, 0) is 14.3 Å². The van der Waals surface area contributed by atoms with Crippen molar-refractivity contribution < 1.29 is 23.5 Å². The lowest BCUT2D eigenvalue weighted by molar-refractivity contribution is -0.154. The topological polar surface area (TPSA) is 69.0 Å². The predicted molar refractivity (Wildman–Crippen MR) is 103 cm³/mol. The standard InChI is InChI=1S/C20H23NO5S/c1-13-9-14(2)11-16(10-13)24-7-8-26-20(23)17-12-27-19(21(17)15(3)22)18-5-4-6-25-18/h4-6,9-11,17,19H,7-8,12H2,1-3H3/t17-,19+/m0/s1. The molecule has 1 saturated heterocycles. The molecular weight excluding hydrogens is 366 g/mol. The van der Waals surface area contributed by atoms with Gasteiger partial charge < -0.3 is 18.8 Å². The molecule has 2 heterocycles. The summed E-state index contributed by atoms with van der Waals surface area (Å²) in [6.45, 7) is 5.85. The van der Waals surface area contributed by atoms with Crippen molar-refractivity contribution in [3.8, 4) is 5.75 Å². The summed E-state index contributed by atoms with van der Waals surface area (Å²) in [5.41, 5.74) is 2.23. The zero-order valence-corrected chi connectivity index (χ0v) is 16.5. The predicted octanol–water partition coefficient (Wildman–Crippen LogP) is 3.48. The first kappa shape index (κ1) is 19.4. The van der Waals surface area contributed by atoms with Crippen LogP contribution in [0.3, 0.4) is 0 Å². The quantitative estimate of drug-likeness (QED) is 0.557. The van der Waals surface area contributed by atoms with Crippen molar-refractivity contribution >= 4 is 23.6 Å². The van der Waals surface area contributed by atoms with Gasteiger partial charge in [-0.2, -0.15) is 0 Å². The van der Waals surface area contributed by atoms with Gasteiger partial charge in [-0.3, -0.25) is 4.79 Å². The highest BCUT2D eigenvalue weighted by Crippen LogP contribution is 2.41. The van der Waals surface area contributed by atoms with E-state index in [9.17, 15) is 9.59 Å². The number of amides is 1. The summed E-state index contributed by atoms with van der Waals surface area (Å²) in [5, 5.41) is -0.304. The van der Waals surface area contributed by atoms with E-state index >= 15 is 0 Å². The van der Waals surface area contributed by atoms with E-state index in [1.54, 1.807) is 18.4 Å². The molecule has 0 radical (unpaired) electrons. The first-order chi connectivity index (χ1) is 13.0. The highest BCUT2D eigenvalue weighted by Gasteiger charge is 2.43. The number of rotatable bonds is 6. The van der Waals surface area contributed by atoms with Crippen LogP contribution in [0.25, 0.3) is 0 Å². The second-order valence-corrected chi connectivity index (χ2v) is 7.60. The number of ether oxygens (including phenoxy) is 2.